The second-order valence-corrected chi connectivity index (χ2v) is 5.59. The Bertz CT molecular complexity index is 409. The van der Waals surface area contributed by atoms with Crippen molar-refractivity contribution in [1.29, 1.82) is 0 Å². The molecule has 2 rings (SSSR count). The van der Waals surface area contributed by atoms with Gasteiger partial charge in [-0.15, -0.1) is 10.2 Å². The van der Waals surface area contributed by atoms with Crippen LogP contribution in [-0.2, 0) is 6.18 Å². The summed E-state index contributed by atoms with van der Waals surface area (Å²) >= 11 is 0.559. The van der Waals surface area contributed by atoms with E-state index in [1.807, 2.05) is 13.8 Å². The van der Waals surface area contributed by atoms with Crippen molar-refractivity contribution in [2.75, 3.05) is 18.0 Å². The standard InChI is InChI=1S/C9H13F3N4S/c1-5(2)8(13)3-16(4-8)7-15-14-6(17-7)9(10,11)12/h5H,3-4,13H2,1-2H3. The molecular weight excluding hydrogens is 253 g/mol. The van der Waals surface area contributed by atoms with Crippen molar-refractivity contribution in [2.45, 2.75) is 25.6 Å². The van der Waals surface area contributed by atoms with Gasteiger partial charge < -0.3 is 10.6 Å². The lowest BCUT2D eigenvalue weighted by molar-refractivity contribution is -0.138. The fourth-order valence-corrected chi connectivity index (χ4v) is 2.33. The molecule has 0 aromatic carbocycles. The van der Waals surface area contributed by atoms with Gasteiger partial charge in [0.05, 0.1) is 5.54 Å². The van der Waals surface area contributed by atoms with Crippen LogP contribution in [0.1, 0.15) is 18.9 Å². The van der Waals surface area contributed by atoms with Crippen LogP contribution in [0, 0.1) is 5.92 Å². The average Bonchev–Trinajstić information content (AvgIpc) is 2.59. The van der Waals surface area contributed by atoms with E-state index in [-0.39, 0.29) is 11.5 Å². The van der Waals surface area contributed by atoms with Gasteiger partial charge in [-0.3, -0.25) is 0 Å². The lowest BCUT2D eigenvalue weighted by Gasteiger charge is -2.50. The molecule has 1 aromatic rings. The fourth-order valence-electron chi connectivity index (χ4n) is 1.62. The van der Waals surface area contributed by atoms with E-state index in [0.717, 1.165) is 0 Å². The third-order valence-electron chi connectivity index (χ3n) is 3.05. The zero-order valence-electron chi connectivity index (χ0n) is 9.45. The topological polar surface area (TPSA) is 55.0 Å². The van der Waals surface area contributed by atoms with Gasteiger partial charge in [-0.05, 0) is 5.92 Å². The SMILES string of the molecule is CC(C)C1(N)CN(c2nnc(C(F)(F)F)s2)C1. The third kappa shape index (κ3) is 2.23. The van der Waals surface area contributed by atoms with E-state index in [4.69, 9.17) is 5.73 Å². The number of nitrogens with two attached hydrogens (primary N) is 1. The normalized spacial score (nSPS) is 19.6. The summed E-state index contributed by atoms with van der Waals surface area (Å²) < 4.78 is 37.0. The van der Waals surface area contributed by atoms with Gasteiger partial charge in [0, 0.05) is 13.1 Å². The van der Waals surface area contributed by atoms with E-state index in [1.54, 1.807) is 4.90 Å². The Balaban J connectivity index is 2.05. The summed E-state index contributed by atoms with van der Waals surface area (Å²) in [6, 6.07) is 0. The number of hydrogen-bond acceptors (Lipinski definition) is 5. The van der Waals surface area contributed by atoms with Gasteiger partial charge in [0.1, 0.15) is 0 Å². The first-order chi connectivity index (χ1) is 7.72. The van der Waals surface area contributed by atoms with Crippen LogP contribution in [0.3, 0.4) is 0 Å². The molecule has 0 unspecified atom stereocenters. The van der Waals surface area contributed by atoms with Crippen molar-refractivity contribution in [3.05, 3.63) is 5.01 Å². The molecule has 0 aliphatic carbocycles. The van der Waals surface area contributed by atoms with Crippen LogP contribution >= 0.6 is 11.3 Å². The number of nitrogens with zero attached hydrogens (tertiary/aromatic N) is 3. The third-order valence-corrected chi connectivity index (χ3v) is 4.08. The first kappa shape index (κ1) is 12.6. The quantitative estimate of drug-likeness (QED) is 0.885. The van der Waals surface area contributed by atoms with Crippen LogP contribution in [0.15, 0.2) is 0 Å². The minimum Gasteiger partial charge on any atom is -0.343 e. The van der Waals surface area contributed by atoms with Crippen LogP contribution in [0.4, 0.5) is 18.3 Å². The number of halogens is 3. The Morgan fingerprint density at radius 1 is 1.35 bits per heavy atom. The molecule has 0 bridgehead atoms. The van der Waals surface area contributed by atoms with Gasteiger partial charge in [-0.25, -0.2) is 0 Å². The van der Waals surface area contributed by atoms with Crippen molar-refractivity contribution in [1.82, 2.24) is 10.2 Å². The molecule has 1 aromatic heterocycles. The molecule has 1 aliphatic heterocycles. The molecule has 1 fully saturated rings. The summed E-state index contributed by atoms with van der Waals surface area (Å²) in [5.41, 5.74) is 5.73. The second-order valence-electron chi connectivity index (χ2n) is 4.63. The predicted octanol–water partition coefficient (Wildman–Crippen LogP) is 1.73. The number of anilines is 1. The minimum atomic E-state index is -4.42. The van der Waals surface area contributed by atoms with E-state index in [1.165, 1.54) is 0 Å². The first-order valence-electron chi connectivity index (χ1n) is 5.17. The highest BCUT2D eigenvalue weighted by Gasteiger charge is 2.44. The van der Waals surface area contributed by atoms with Gasteiger partial charge in [0.2, 0.25) is 10.1 Å². The number of alkyl halides is 3. The maximum Gasteiger partial charge on any atom is 0.445 e. The number of hydrogen-bond donors (Lipinski definition) is 1. The molecule has 2 N–H and O–H groups in total. The lowest BCUT2D eigenvalue weighted by Crippen LogP contribution is -2.70. The van der Waals surface area contributed by atoms with E-state index >= 15 is 0 Å². The summed E-state index contributed by atoms with van der Waals surface area (Å²) in [7, 11) is 0. The molecule has 0 spiro atoms. The molecule has 0 amide bonds. The maximum atomic E-state index is 12.3. The molecular formula is C9H13F3N4S. The van der Waals surface area contributed by atoms with Crippen molar-refractivity contribution < 1.29 is 13.2 Å². The maximum absolute atomic E-state index is 12.3. The Morgan fingerprint density at radius 2 is 1.94 bits per heavy atom. The molecule has 17 heavy (non-hydrogen) atoms. The van der Waals surface area contributed by atoms with Crippen LogP contribution in [0.2, 0.25) is 0 Å². The highest BCUT2D eigenvalue weighted by Crippen LogP contribution is 2.37. The number of aromatic nitrogens is 2. The largest absolute Gasteiger partial charge is 0.445 e. The summed E-state index contributed by atoms with van der Waals surface area (Å²) in [6.07, 6.45) is -4.42. The van der Waals surface area contributed by atoms with Gasteiger partial charge >= 0.3 is 6.18 Å². The minimum absolute atomic E-state index is 0.286. The Labute approximate surface area is 101 Å². The number of rotatable bonds is 2. The molecule has 0 saturated carbocycles. The average molecular weight is 266 g/mol. The smallest absolute Gasteiger partial charge is 0.343 e. The molecule has 0 atom stereocenters. The summed E-state index contributed by atoms with van der Waals surface area (Å²) in [4.78, 5) is 1.73. The zero-order chi connectivity index (χ0) is 12.8. The summed E-state index contributed by atoms with van der Waals surface area (Å²) in [6.45, 7) is 5.05. The van der Waals surface area contributed by atoms with Crippen molar-refractivity contribution in [2.24, 2.45) is 11.7 Å². The van der Waals surface area contributed by atoms with E-state index < -0.39 is 11.2 Å². The molecule has 96 valence electrons. The molecule has 1 saturated heterocycles. The summed E-state index contributed by atoms with van der Waals surface area (Å²) in [5, 5.41) is 6.07. The van der Waals surface area contributed by atoms with Gasteiger partial charge in [0.25, 0.3) is 0 Å². The van der Waals surface area contributed by atoms with Crippen LogP contribution in [-0.4, -0.2) is 28.8 Å². The van der Waals surface area contributed by atoms with Crippen LogP contribution in [0.5, 0.6) is 0 Å². The highest BCUT2D eigenvalue weighted by atomic mass is 32.1. The van der Waals surface area contributed by atoms with Gasteiger partial charge in [0.15, 0.2) is 0 Å². The monoisotopic (exact) mass is 266 g/mol. The summed E-state index contributed by atoms with van der Waals surface area (Å²) in [5.74, 6) is 0.286. The molecule has 4 nitrogen and oxygen atoms in total. The molecule has 8 heteroatoms. The van der Waals surface area contributed by atoms with Gasteiger partial charge in [-0.2, -0.15) is 13.2 Å². The Hall–Kier alpha value is -0.890. The molecule has 0 radical (unpaired) electrons. The van der Waals surface area contributed by atoms with E-state index in [2.05, 4.69) is 10.2 Å². The van der Waals surface area contributed by atoms with Crippen molar-refractivity contribution >= 4 is 16.5 Å². The molecule has 1 aliphatic rings. The predicted molar refractivity (Wildman–Crippen MR) is 58.9 cm³/mol. The zero-order valence-corrected chi connectivity index (χ0v) is 10.3. The van der Waals surface area contributed by atoms with Crippen LogP contribution in [0.25, 0.3) is 0 Å². The van der Waals surface area contributed by atoms with Crippen LogP contribution < -0.4 is 10.6 Å². The van der Waals surface area contributed by atoms with Crippen molar-refractivity contribution in [3.8, 4) is 0 Å². The van der Waals surface area contributed by atoms with Gasteiger partial charge in [-0.1, -0.05) is 25.2 Å². The lowest BCUT2D eigenvalue weighted by atomic mass is 9.81. The Morgan fingerprint density at radius 3 is 2.35 bits per heavy atom. The van der Waals surface area contributed by atoms with E-state index in [9.17, 15) is 13.2 Å². The Kier molecular flexibility index (Phi) is 2.81. The van der Waals surface area contributed by atoms with E-state index in [0.29, 0.717) is 29.6 Å². The second kappa shape index (κ2) is 3.81. The molecule has 2 heterocycles. The van der Waals surface area contributed by atoms with Crippen molar-refractivity contribution in [3.63, 3.8) is 0 Å². The highest BCUT2D eigenvalue weighted by molar-refractivity contribution is 7.15. The fraction of sp³-hybridized carbons (Fsp3) is 0.778. The first-order valence-corrected chi connectivity index (χ1v) is 5.98.